The second-order valence-corrected chi connectivity index (χ2v) is 7.28. The Kier molecular flexibility index (Phi) is 5.82. The molecule has 1 aromatic carbocycles. The third-order valence-corrected chi connectivity index (χ3v) is 5.25. The number of rotatable bonds is 4. The summed E-state index contributed by atoms with van der Waals surface area (Å²) in [6, 6.07) is 7.21. The number of aromatic nitrogens is 1. The lowest BCUT2D eigenvalue weighted by Gasteiger charge is -2.11. The molecular formula is C19H11F6N3O2S. The summed E-state index contributed by atoms with van der Waals surface area (Å²) in [5.41, 5.74) is -0.793. The predicted octanol–water partition coefficient (Wildman–Crippen LogP) is 5.69. The summed E-state index contributed by atoms with van der Waals surface area (Å²) in [4.78, 5) is 16.3. The van der Waals surface area contributed by atoms with Gasteiger partial charge < -0.3 is 10.1 Å². The number of pyridine rings is 1. The molecule has 3 rings (SSSR count). The molecule has 0 atom stereocenters. The van der Waals surface area contributed by atoms with Crippen molar-refractivity contribution in [3.8, 4) is 11.8 Å². The molecule has 3 aromatic rings. The number of nitrogens with zero attached hydrogens (tertiary/aromatic N) is 2. The van der Waals surface area contributed by atoms with Gasteiger partial charge >= 0.3 is 12.4 Å². The molecule has 0 saturated heterocycles. The van der Waals surface area contributed by atoms with Crippen molar-refractivity contribution in [2.45, 2.75) is 19.3 Å². The molecule has 0 spiro atoms. The van der Waals surface area contributed by atoms with Crippen LogP contribution in [0.25, 0.3) is 10.2 Å². The second kappa shape index (κ2) is 8.07. The van der Waals surface area contributed by atoms with Gasteiger partial charge in [-0.2, -0.15) is 31.6 Å². The Morgan fingerprint density at radius 1 is 1.19 bits per heavy atom. The van der Waals surface area contributed by atoms with Crippen LogP contribution in [0, 0.1) is 18.3 Å². The molecule has 1 N–H and O–H groups in total. The fourth-order valence-electron chi connectivity index (χ4n) is 2.64. The van der Waals surface area contributed by atoms with Crippen molar-refractivity contribution in [1.29, 1.82) is 5.26 Å². The van der Waals surface area contributed by atoms with E-state index in [1.165, 1.54) is 12.1 Å². The first-order valence-corrected chi connectivity index (χ1v) is 9.23. The van der Waals surface area contributed by atoms with E-state index in [4.69, 9.17) is 5.26 Å². The van der Waals surface area contributed by atoms with Gasteiger partial charge in [-0.25, -0.2) is 4.98 Å². The number of nitriles is 1. The molecule has 1 amide bonds. The monoisotopic (exact) mass is 459 g/mol. The molecule has 0 unspecified atom stereocenters. The van der Waals surface area contributed by atoms with E-state index in [0.717, 1.165) is 29.5 Å². The molecule has 0 aliphatic carbocycles. The van der Waals surface area contributed by atoms with Crippen LogP contribution in [0.2, 0.25) is 0 Å². The standard InChI is InChI=1S/C19H11F6N3O2S/c1-9-12-3-5-14(19(23,24)25)28-17(12)31-15(9)16(29)27-11-2-4-13(10(6-11)7-26)30-8-18(20,21)22/h2-6H,8H2,1H3,(H,27,29). The first-order chi connectivity index (χ1) is 14.4. The summed E-state index contributed by atoms with van der Waals surface area (Å²) in [5, 5.41) is 12.0. The van der Waals surface area contributed by atoms with Crippen LogP contribution in [0.1, 0.15) is 26.5 Å². The van der Waals surface area contributed by atoms with Gasteiger partial charge in [-0.3, -0.25) is 4.79 Å². The Bertz CT molecular complexity index is 1190. The van der Waals surface area contributed by atoms with Crippen molar-refractivity contribution < 1.29 is 35.9 Å². The quantitative estimate of drug-likeness (QED) is 0.509. The van der Waals surface area contributed by atoms with E-state index >= 15 is 0 Å². The van der Waals surface area contributed by atoms with Crippen LogP contribution in [-0.2, 0) is 6.18 Å². The molecular weight excluding hydrogens is 448 g/mol. The number of thiophene rings is 1. The van der Waals surface area contributed by atoms with Crippen molar-refractivity contribution >= 4 is 33.1 Å². The molecule has 0 aliphatic rings. The van der Waals surface area contributed by atoms with E-state index in [9.17, 15) is 31.1 Å². The van der Waals surface area contributed by atoms with E-state index in [1.807, 2.05) is 0 Å². The molecule has 5 nitrogen and oxygen atoms in total. The van der Waals surface area contributed by atoms with Crippen LogP contribution < -0.4 is 10.1 Å². The lowest BCUT2D eigenvalue weighted by Crippen LogP contribution is -2.19. The van der Waals surface area contributed by atoms with Gasteiger partial charge in [0.15, 0.2) is 6.61 Å². The van der Waals surface area contributed by atoms with Gasteiger partial charge in [0.2, 0.25) is 0 Å². The highest BCUT2D eigenvalue weighted by molar-refractivity contribution is 7.20. The Hall–Kier alpha value is -3.33. The van der Waals surface area contributed by atoms with Crippen molar-refractivity contribution in [2.24, 2.45) is 0 Å². The first kappa shape index (κ1) is 22.4. The maximum Gasteiger partial charge on any atom is 0.433 e. The van der Waals surface area contributed by atoms with Crippen LogP contribution in [0.15, 0.2) is 30.3 Å². The summed E-state index contributed by atoms with van der Waals surface area (Å²) >= 11 is 0.768. The lowest BCUT2D eigenvalue weighted by atomic mass is 10.1. The van der Waals surface area contributed by atoms with Crippen molar-refractivity contribution in [3.63, 3.8) is 0 Å². The van der Waals surface area contributed by atoms with Crippen LogP contribution >= 0.6 is 11.3 Å². The second-order valence-electron chi connectivity index (χ2n) is 6.28. The van der Waals surface area contributed by atoms with Gasteiger partial charge in [0.05, 0.1) is 10.4 Å². The number of hydrogen-bond acceptors (Lipinski definition) is 5. The number of ether oxygens (including phenoxy) is 1. The van der Waals surface area contributed by atoms with Crippen LogP contribution in [-0.4, -0.2) is 23.7 Å². The molecule has 162 valence electrons. The van der Waals surface area contributed by atoms with E-state index in [2.05, 4.69) is 15.0 Å². The number of nitrogens with one attached hydrogen (secondary N) is 1. The topological polar surface area (TPSA) is 75.0 Å². The SMILES string of the molecule is Cc1c(C(=O)Nc2ccc(OCC(F)(F)F)c(C#N)c2)sc2nc(C(F)(F)F)ccc12. The zero-order valence-electron chi connectivity index (χ0n) is 15.5. The fraction of sp³-hybridized carbons (Fsp3) is 0.211. The zero-order chi connectivity index (χ0) is 23.0. The Morgan fingerprint density at radius 3 is 2.52 bits per heavy atom. The minimum atomic E-state index is -4.63. The number of carbonyl (C=O) groups is 1. The molecule has 2 aromatic heterocycles. The number of amides is 1. The molecule has 31 heavy (non-hydrogen) atoms. The molecule has 0 radical (unpaired) electrons. The number of anilines is 1. The maximum absolute atomic E-state index is 12.9. The number of halogens is 6. The van der Waals surface area contributed by atoms with Crippen molar-refractivity contribution in [2.75, 3.05) is 11.9 Å². The summed E-state index contributed by atoms with van der Waals surface area (Å²) < 4.78 is 80.1. The lowest BCUT2D eigenvalue weighted by molar-refractivity contribution is -0.153. The average Bonchev–Trinajstić information content (AvgIpc) is 3.01. The van der Waals surface area contributed by atoms with Gasteiger partial charge in [0.1, 0.15) is 22.3 Å². The van der Waals surface area contributed by atoms with Gasteiger partial charge in [-0.15, -0.1) is 11.3 Å². The highest BCUT2D eigenvalue weighted by Crippen LogP contribution is 2.34. The molecule has 0 saturated carbocycles. The van der Waals surface area contributed by atoms with Gasteiger partial charge in [0, 0.05) is 11.1 Å². The normalized spacial score (nSPS) is 11.9. The largest absolute Gasteiger partial charge is 0.483 e. The average molecular weight is 459 g/mol. The van der Waals surface area contributed by atoms with Gasteiger partial charge in [-0.1, -0.05) is 0 Å². The van der Waals surface area contributed by atoms with E-state index < -0.39 is 30.6 Å². The van der Waals surface area contributed by atoms with Crippen molar-refractivity contribution in [3.05, 3.63) is 52.0 Å². The number of hydrogen-bond donors (Lipinski definition) is 1. The predicted molar refractivity (Wildman–Crippen MR) is 100 cm³/mol. The summed E-state index contributed by atoms with van der Waals surface area (Å²) in [6.07, 6.45) is -9.21. The van der Waals surface area contributed by atoms with Crippen LogP contribution in [0.5, 0.6) is 5.75 Å². The number of aryl methyl sites for hydroxylation is 1. The molecule has 0 aliphatic heterocycles. The minimum absolute atomic E-state index is 0.0334. The van der Waals surface area contributed by atoms with E-state index in [1.54, 1.807) is 13.0 Å². The zero-order valence-corrected chi connectivity index (χ0v) is 16.3. The summed E-state index contributed by atoms with van der Waals surface area (Å²) in [5.74, 6) is -0.971. The number of fused-ring (bicyclic) bond motifs is 1. The van der Waals surface area contributed by atoms with Crippen LogP contribution in [0.3, 0.4) is 0 Å². The summed E-state index contributed by atoms with van der Waals surface area (Å²) in [6.45, 7) is -0.0290. The molecule has 12 heteroatoms. The number of carbonyl (C=O) groups excluding carboxylic acids is 1. The summed E-state index contributed by atoms with van der Waals surface area (Å²) in [7, 11) is 0. The van der Waals surface area contributed by atoms with Crippen LogP contribution in [0.4, 0.5) is 32.0 Å². The molecule has 0 fully saturated rings. The first-order valence-electron chi connectivity index (χ1n) is 8.41. The Balaban J connectivity index is 1.85. The molecule has 0 bridgehead atoms. The van der Waals surface area contributed by atoms with E-state index in [0.29, 0.717) is 10.9 Å². The highest BCUT2D eigenvalue weighted by Gasteiger charge is 2.33. The third-order valence-electron chi connectivity index (χ3n) is 4.05. The fourth-order valence-corrected chi connectivity index (χ4v) is 3.72. The smallest absolute Gasteiger partial charge is 0.433 e. The highest BCUT2D eigenvalue weighted by atomic mass is 32.1. The third kappa shape index (κ3) is 5.05. The number of alkyl halides is 6. The Morgan fingerprint density at radius 2 is 1.90 bits per heavy atom. The number of benzene rings is 1. The maximum atomic E-state index is 12.9. The van der Waals surface area contributed by atoms with Gasteiger partial charge in [0.25, 0.3) is 5.91 Å². The minimum Gasteiger partial charge on any atom is -0.483 e. The van der Waals surface area contributed by atoms with Gasteiger partial charge in [-0.05, 0) is 42.8 Å². The molecule has 2 heterocycles. The Labute approximate surface area is 174 Å². The van der Waals surface area contributed by atoms with E-state index in [-0.39, 0.29) is 26.7 Å². The van der Waals surface area contributed by atoms with Crippen molar-refractivity contribution in [1.82, 2.24) is 4.98 Å².